The van der Waals surface area contributed by atoms with Crippen molar-refractivity contribution in [1.82, 2.24) is 15.0 Å². The number of fused-ring (bicyclic) bond motifs is 3. The molecule has 0 saturated carbocycles. The lowest BCUT2D eigenvalue weighted by Gasteiger charge is -2.40. The van der Waals surface area contributed by atoms with Gasteiger partial charge in [0.05, 0.1) is 28.1 Å². The number of likely N-dealkylation sites (N-methyl/N-ethyl adjacent to an activating group) is 1. The minimum Gasteiger partial charge on any atom is -0.366 e. The first-order valence-electron chi connectivity index (χ1n) is 16.4. The molecule has 2 atom stereocenters. The van der Waals surface area contributed by atoms with E-state index in [0.29, 0.717) is 20.8 Å². The van der Waals surface area contributed by atoms with Crippen molar-refractivity contribution in [1.29, 1.82) is 0 Å². The maximum absolute atomic E-state index is 16.0. The summed E-state index contributed by atoms with van der Waals surface area (Å²) in [4.78, 5) is 8.32. The molecule has 2 unspecified atom stereocenters. The Hall–Kier alpha value is -3.79. The predicted molar refractivity (Wildman–Crippen MR) is 207 cm³/mol. The molecule has 0 amide bonds. The second-order valence-corrected chi connectivity index (χ2v) is 18.3. The first kappa shape index (κ1) is 33.7. The molecule has 3 aromatic heterocycles. The summed E-state index contributed by atoms with van der Waals surface area (Å²) in [5.41, 5.74) is 4.65. The van der Waals surface area contributed by atoms with Crippen molar-refractivity contribution in [3.05, 3.63) is 105 Å². The molecule has 5 aromatic rings. The highest BCUT2D eigenvalue weighted by atomic mass is 32.2. The molecule has 0 spiro atoms. The number of thioether (sulfide) groups is 1. The highest BCUT2D eigenvalue weighted by Crippen LogP contribution is 2.46. The number of rotatable bonds is 5. The van der Waals surface area contributed by atoms with Gasteiger partial charge in [-0.1, -0.05) is 84.1 Å². The Kier molecular flexibility index (Phi) is 8.61. The van der Waals surface area contributed by atoms with Gasteiger partial charge in [0.1, 0.15) is 11.0 Å². The summed E-state index contributed by atoms with van der Waals surface area (Å²) >= 11 is 4.78. The first-order valence-corrected chi connectivity index (χ1v) is 18.9. The van der Waals surface area contributed by atoms with E-state index in [9.17, 15) is 0 Å². The van der Waals surface area contributed by atoms with Crippen molar-refractivity contribution in [2.75, 3.05) is 11.9 Å². The lowest BCUT2D eigenvalue weighted by Crippen LogP contribution is -2.41. The lowest BCUT2D eigenvalue weighted by atomic mass is 9.95. The second kappa shape index (κ2) is 12.5. The third kappa shape index (κ3) is 6.60. The summed E-state index contributed by atoms with van der Waals surface area (Å²) in [5, 5.41) is 9.28. The van der Waals surface area contributed by atoms with E-state index in [-0.39, 0.29) is 33.2 Å². The molecule has 0 saturated heterocycles. The summed E-state index contributed by atoms with van der Waals surface area (Å²) in [6.07, 6.45) is 15.4. The van der Waals surface area contributed by atoms with E-state index in [4.69, 9.17) is 0 Å². The number of hydrogen-bond donors (Lipinski definition) is 0. The average molecular weight is 711 g/mol. The third-order valence-electron chi connectivity index (χ3n) is 8.75. The number of aryl methyl sites for hydroxylation is 1. The Morgan fingerprint density at radius 3 is 2.12 bits per heavy atom. The topological polar surface area (TPSA) is 34.0 Å². The first-order chi connectivity index (χ1) is 23.2. The molecule has 7 rings (SSSR count). The monoisotopic (exact) mass is 710 g/mol. The molecule has 4 heterocycles. The third-order valence-corrected chi connectivity index (χ3v) is 12.6. The molecule has 2 aliphatic rings. The van der Waals surface area contributed by atoms with Crippen LogP contribution in [-0.4, -0.2) is 33.3 Å². The van der Waals surface area contributed by atoms with Crippen molar-refractivity contribution >= 4 is 63.3 Å². The standard InChI is InChI=1S/C40H40F2N4S3/c1-39(2,3)20-19-24-11-15-27-31(22-24)48-30-21-23(10-14-26(30)45(27)7)9-12-25-13-16-28(47-25)33-35(41)36(42)34(38-37(33)43-46(8)44-38)29-17-18-32(49-29)40(4,5)6/h9-22,26,30H,1-8H3. The van der Waals surface area contributed by atoms with E-state index in [1.807, 2.05) is 42.1 Å². The number of aromatic nitrogens is 3. The van der Waals surface area contributed by atoms with Gasteiger partial charge in [0.15, 0.2) is 11.6 Å². The highest BCUT2D eigenvalue weighted by Gasteiger charge is 2.32. The molecule has 1 aliphatic carbocycles. The van der Waals surface area contributed by atoms with Crippen LogP contribution >= 0.6 is 34.4 Å². The van der Waals surface area contributed by atoms with E-state index >= 15 is 8.78 Å². The Balaban J connectivity index is 1.15. The molecule has 9 heteroatoms. The Labute approximate surface area is 299 Å². The smallest absolute Gasteiger partial charge is 0.170 e. The van der Waals surface area contributed by atoms with Crippen LogP contribution in [0.1, 0.15) is 56.9 Å². The fraction of sp³-hybridized carbons (Fsp3) is 0.300. The van der Waals surface area contributed by atoms with Crippen LogP contribution in [0.3, 0.4) is 0 Å². The zero-order valence-corrected chi connectivity index (χ0v) is 31.5. The number of halogens is 2. The Morgan fingerprint density at radius 1 is 0.796 bits per heavy atom. The Morgan fingerprint density at radius 2 is 1.47 bits per heavy atom. The number of allylic oxidation sites excluding steroid dienone is 4. The molecule has 1 aliphatic heterocycles. The number of thiophene rings is 2. The zero-order chi connectivity index (χ0) is 34.8. The van der Waals surface area contributed by atoms with Crippen LogP contribution in [-0.2, 0) is 12.5 Å². The fourth-order valence-electron chi connectivity index (χ4n) is 6.15. The molecule has 252 valence electrons. The van der Waals surface area contributed by atoms with Crippen LogP contribution in [0.2, 0.25) is 0 Å². The minimum atomic E-state index is -0.897. The predicted octanol–water partition coefficient (Wildman–Crippen LogP) is 11.5. The molecule has 0 N–H and O–H groups in total. The van der Waals surface area contributed by atoms with E-state index < -0.39 is 11.6 Å². The van der Waals surface area contributed by atoms with E-state index in [1.165, 1.54) is 43.6 Å². The number of benzene rings is 2. The molecule has 2 aromatic carbocycles. The largest absolute Gasteiger partial charge is 0.366 e. The quantitative estimate of drug-likeness (QED) is 0.182. The van der Waals surface area contributed by atoms with Gasteiger partial charge in [-0.3, -0.25) is 0 Å². The molecule has 49 heavy (non-hydrogen) atoms. The SMILES string of the molecule is CN1c2ccc(C=CC(C)(C)C)cc2SC2C=C(C=Cc3ccc(-c4c(F)c(F)c(-c5ccc(C(C)(C)C)s5)c5nn(C)nc45)s3)C=CC21. The van der Waals surface area contributed by atoms with Crippen LogP contribution < -0.4 is 4.90 Å². The maximum Gasteiger partial charge on any atom is 0.170 e. The molecule has 0 fully saturated rings. The molecule has 0 bridgehead atoms. The van der Waals surface area contributed by atoms with Crippen LogP contribution in [0.25, 0.3) is 44.1 Å². The van der Waals surface area contributed by atoms with Crippen molar-refractivity contribution in [2.24, 2.45) is 12.5 Å². The number of nitrogens with zero attached hydrogens (tertiary/aromatic N) is 4. The van der Waals surface area contributed by atoms with Gasteiger partial charge in [-0.05, 0) is 64.4 Å². The molecular formula is C40H40F2N4S3. The van der Waals surface area contributed by atoms with Crippen LogP contribution in [0.4, 0.5) is 14.5 Å². The summed E-state index contributed by atoms with van der Waals surface area (Å²) in [5.74, 6) is -1.79. The zero-order valence-electron chi connectivity index (χ0n) is 29.0. The van der Waals surface area contributed by atoms with Crippen molar-refractivity contribution in [3.63, 3.8) is 0 Å². The van der Waals surface area contributed by atoms with Crippen molar-refractivity contribution in [3.8, 4) is 20.9 Å². The lowest BCUT2D eigenvalue weighted by molar-refractivity contribution is 0.516. The molecule has 4 nitrogen and oxygen atoms in total. The van der Waals surface area contributed by atoms with Crippen LogP contribution in [0.15, 0.2) is 83.3 Å². The fourth-order valence-corrected chi connectivity index (χ4v) is 9.67. The van der Waals surface area contributed by atoms with Gasteiger partial charge >= 0.3 is 0 Å². The van der Waals surface area contributed by atoms with Gasteiger partial charge in [0, 0.05) is 38.5 Å². The molecular weight excluding hydrogens is 671 g/mol. The van der Waals surface area contributed by atoms with Gasteiger partial charge in [-0.15, -0.1) is 34.4 Å². The van der Waals surface area contributed by atoms with Gasteiger partial charge in [0.2, 0.25) is 0 Å². The van der Waals surface area contributed by atoms with Crippen LogP contribution in [0, 0.1) is 17.0 Å². The van der Waals surface area contributed by atoms with Gasteiger partial charge in [-0.25, -0.2) is 8.78 Å². The number of hydrogen-bond acceptors (Lipinski definition) is 6. The van der Waals surface area contributed by atoms with E-state index in [2.05, 4.69) is 118 Å². The van der Waals surface area contributed by atoms with E-state index in [1.54, 1.807) is 7.05 Å². The van der Waals surface area contributed by atoms with Gasteiger partial charge in [0.25, 0.3) is 0 Å². The Bertz CT molecular complexity index is 2200. The van der Waals surface area contributed by atoms with E-state index in [0.717, 1.165) is 15.3 Å². The second-order valence-electron chi connectivity index (χ2n) is 14.9. The molecule has 0 radical (unpaired) electrons. The van der Waals surface area contributed by atoms with Crippen molar-refractivity contribution in [2.45, 2.75) is 63.1 Å². The van der Waals surface area contributed by atoms with Gasteiger partial charge in [-0.2, -0.15) is 15.0 Å². The summed E-state index contributed by atoms with van der Waals surface area (Å²) in [6.45, 7) is 12.9. The van der Waals surface area contributed by atoms with Crippen LogP contribution in [0.5, 0.6) is 0 Å². The summed E-state index contributed by atoms with van der Waals surface area (Å²) < 4.78 is 32.0. The minimum absolute atomic E-state index is 0.101. The normalized spacial score (nSPS) is 18.2. The summed E-state index contributed by atoms with van der Waals surface area (Å²) in [7, 11) is 3.85. The average Bonchev–Trinajstić information content (AvgIpc) is 3.79. The van der Waals surface area contributed by atoms with Gasteiger partial charge < -0.3 is 4.90 Å². The summed E-state index contributed by atoms with van der Waals surface area (Å²) in [6, 6.07) is 14.6. The maximum atomic E-state index is 16.0. The van der Waals surface area contributed by atoms with Crippen molar-refractivity contribution < 1.29 is 8.78 Å². The highest BCUT2D eigenvalue weighted by molar-refractivity contribution is 8.00. The number of anilines is 1.